The minimum Gasteiger partial charge on any atom is -0.271 e. The highest BCUT2D eigenvalue weighted by Crippen LogP contribution is 2.25. The standard InChI is InChI=1S/C15H21N3O2S/c1-15(2,21(3,19)20)14(18-16)10-11-8-9-17-13-7-5-4-6-12(11)13/h4-9,14,18H,10,16H2,1-3H3. The number of fused-ring (bicyclic) bond motifs is 1. The summed E-state index contributed by atoms with van der Waals surface area (Å²) in [6.45, 7) is 3.38. The van der Waals surface area contributed by atoms with Crippen LogP contribution in [0.25, 0.3) is 10.9 Å². The van der Waals surface area contributed by atoms with E-state index in [0.29, 0.717) is 6.42 Å². The highest BCUT2D eigenvalue weighted by Gasteiger charge is 2.38. The van der Waals surface area contributed by atoms with Crippen LogP contribution in [0.4, 0.5) is 0 Å². The van der Waals surface area contributed by atoms with Gasteiger partial charge in [0.15, 0.2) is 9.84 Å². The highest BCUT2D eigenvalue weighted by atomic mass is 32.2. The Morgan fingerprint density at radius 1 is 1.29 bits per heavy atom. The number of benzene rings is 1. The molecule has 114 valence electrons. The van der Waals surface area contributed by atoms with Gasteiger partial charge in [0.1, 0.15) is 0 Å². The van der Waals surface area contributed by atoms with E-state index in [9.17, 15) is 8.42 Å². The number of para-hydroxylation sites is 1. The van der Waals surface area contributed by atoms with Crippen LogP contribution in [0.1, 0.15) is 19.4 Å². The average molecular weight is 307 g/mol. The second-order valence-corrected chi connectivity index (χ2v) is 8.38. The van der Waals surface area contributed by atoms with E-state index < -0.39 is 20.6 Å². The van der Waals surface area contributed by atoms with E-state index in [-0.39, 0.29) is 0 Å². The largest absolute Gasteiger partial charge is 0.271 e. The number of hydrazine groups is 1. The van der Waals surface area contributed by atoms with Crippen molar-refractivity contribution in [2.45, 2.75) is 31.1 Å². The lowest BCUT2D eigenvalue weighted by atomic mass is 9.94. The van der Waals surface area contributed by atoms with Gasteiger partial charge >= 0.3 is 0 Å². The van der Waals surface area contributed by atoms with E-state index in [1.807, 2.05) is 30.3 Å². The maximum atomic E-state index is 12.0. The van der Waals surface area contributed by atoms with Gasteiger partial charge in [0.05, 0.1) is 10.3 Å². The lowest BCUT2D eigenvalue weighted by Gasteiger charge is -2.32. The third kappa shape index (κ3) is 3.07. The van der Waals surface area contributed by atoms with Crippen molar-refractivity contribution in [1.29, 1.82) is 0 Å². The lowest BCUT2D eigenvalue weighted by molar-refractivity contribution is 0.413. The van der Waals surface area contributed by atoms with E-state index in [2.05, 4.69) is 10.4 Å². The number of pyridine rings is 1. The summed E-state index contributed by atoms with van der Waals surface area (Å²) in [6.07, 6.45) is 3.49. The van der Waals surface area contributed by atoms with Gasteiger partial charge in [-0.2, -0.15) is 0 Å². The summed E-state index contributed by atoms with van der Waals surface area (Å²) in [5, 5.41) is 1.02. The second kappa shape index (κ2) is 5.71. The van der Waals surface area contributed by atoms with E-state index in [1.165, 1.54) is 6.26 Å². The molecular formula is C15H21N3O2S. The first-order valence-electron chi connectivity index (χ1n) is 6.75. The first-order chi connectivity index (χ1) is 9.77. The van der Waals surface area contributed by atoms with E-state index >= 15 is 0 Å². The first kappa shape index (κ1) is 15.9. The molecule has 2 aromatic rings. The van der Waals surface area contributed by atoms with E-state index in [1.54, 1.807) is 20.0 Å². The summed E-state index contributed by atoms with van der Waals surface area (Å²) < 4.78 is 23.0. The molecule has 1 heterocycles. The molecule has 0 aliphatic heterocycles. The maximum absolute atomic E-state index is 12.0. The SMILES string of the molecule is CC(C)(C(Cc1ccnc2ccccc12)NN)S(C)(=O)=O. The molecule has 3 N–H and O–H groups in total. The smallest absolute Gasteiger partial charge is 0.154 e. The Morgan fingerprint density at radius 2 is 1.95 bits per heavy atom. The zero-order chi connectivity index (χ0) is 15.7. The number of hydrogen-bond donors (Lipinski definition) is 2. The molecule has 1 aromatic heterocycles. The summed E-state index contributed by atoms with van der Waals surface area (Å²) >= 11 is 0. The number of nitrogens with zero attached hydrogens (tertiary/aromatic N) is 1. The number of sulfone groups is 1. The summed E-state index contributed by atoms with van der Waals surface area (Å²) in [6, 6.07) is 9.31. The molecule has 1 atom stereocenters. The Bertz CT molecular complexity index is 736. The fourth-order valence-corrected chi connectivity index (χ4v) is 2.99. The van der Waals surface area contributed by atoms with Gasteiger partial charge < -0.3 is 0 Å². The van der Waals surface area contributed by atoms with Gasteiger partial charge in [0.25, 0.3) is 0 Å². The minimum atomic E-state index is -3.25. The Labute approximate surface area is 125 Å². The third-order valence-electron chi connectivity index (χ3n) is 4.16. The summed E-state index contributed by atoms with van der Waals surface area (Å²) in [5.74, 6) is 5.62. The lowest BCUT2D eigenvalue weighted by Crippen LogP contribution is -2.55. The molecule has 1 aromatic carbocycles. The van der Waals surface area contributed by atoms with Crippen molar-refractivity contribution in [2.24, 2.45) is 5.84 Å². The van der Waals surface area contributed by atoms with Gasteiger partial charge in [-0.05, 0) is 38.0 Å². The highest BCUT2D eigenvalue weighted by molar-refractivity contribution is 7.92. The molecule has 0 radical (unpaired) electrons. The van der Waals surface area contributed by atoms with Crippen LogP contribution in [-0.2, 0) is 16.3 Å². The molecule has 0 aliphatic carbocycles. The zero-order valence-corrected chi connectivity index (χ0v) is 13.3. The van der Waals surface area contributed by atoms with Gasteiger partial charge in [0, 0.05) is 23.9 Å². The fraction of sp³-hybridized carbons (Fsp3) is 0.400. The number of aromatic nitrogens is 1. The van der Waals surface area contributed by atoms with Gasteiger partial charge in [-0.15, -0.1) is 0 Å². The van der Waals surface area contributed by atoms with Crippen LogP contribution >= 0.6 is 0 Å². The number of rotatable bonds is 5. The Kier molecular flexibility index (Phi) is 4.32. The van der Waals surface area contributed by atoms with Crippen molar-refractivity contribution in [3.8, 4) is 0 Å². The van der Waals surface area contributed by atoms with Gasteiger partial charge in [0.2, 0.25) is 0 Å². The quantitative estimate of drug-likeness (QED) is 0.645. The molecule has 0 saturated carbocycles. The maximum Gasteiger partial charge on any atom is 0.154 e. The Morgan fingerprint density at radius 3 is 2.57 bits per heavy atom. The van der Waals surface area contributed by atoms with Crippen molar-refractivity contribution >= 4 is 20.7 Å². The number of nitrogens with one attached hydrogen (secondary N) is 1. The van der Waals surface area contributed by atoms with Crippen LogP contribution in [0.15, 0.2) is 36.5 Å². The van der Waals surface area contributed by atoms with Crippen molar-refractivity contribution in [2.75, 3.05) is 6.26 Å². The normalized spacial score (nSPS) is 14.3. The van der Waals surface area contributed by atoms with Crippen LogP contribution in [0.2, 0.25) is 0 Å². The van der Waals surface area contributed by atoms with E-state index in [4.69, 9.17) is 5.84 Å². The minimum absolute atomic E-state index is 0.390. The summed E-state index contributed by atoms with van der Waals surface area (Å²) in [5.41, 5.74) is 4.58. The molecule has 0 bridgehead atoms. The molecular weight excluding hydrogens is 286 g/mol. The third-order valence-corrected chi connectivity index (χ3v) is 6.36. The molecule has 6 heteroatoms. The van der Waals surface area contributed by atoms with Crippen LogP contribution in [0.3, 0.4) is 0 Å². The van der Waals surface area contributed by atoms with Gasteiger partial charge in [-0.3, -0.25) is 16.3 Å². The molecule has 21 heavy (non-hydrogen) atoms. The number of hydrogen-bond acceptors (Lipinski definition) is 5. The molecule has 0 amide bonds. The van der Waals surface area contributed by atoms with Crippen LogP contribution in [-0.4, -0.2) is 30.4 Å². The van der Waals surface area contributed by atoms with Crippen molar-refractivity contribution in [3.63, 3.8) is 0 Å². The molecule has 0 fully saturated rings. The average Bonchev–Trinajstić information content (AvgIpc) is 2.43. The second-order valence-electron chi connectivity index (χ2n) is 5.79. The zero-order valence-electron chi connectivity index (χ0n) is 12.5. The van der Waals surface area contributed by atoms with Crippen molar-refractivity contribution in [1.82, 2.24) is 10.4 Å². The summed E-state index contributed by atoms with van der Waals surface area (Å²) in [7, 11) is -3.25. The summed E-state index contributed by atoms with van der Waals surface area (Å²) in [4.78, 5) is 4.32. The van der Waals surface area contributed by atoms with Gasteiger partial charge in [-0.25, -0.2) is 8.42 Å². The van der Waals surface area contributed by atoms with Crippen LogP contribution in [0.5, 0.6) is 0 Å². The van der Waals surface area contributed by atoms with Crippen LogP contribution in [0, 0.1) is 0 Å². The predicted molar refractivity (Wildman–Crippen MR) is 85.5 cm³/mol. The fourth-order valence-electron chi connectivity index (χ4n) is 2.32. The predicted octanol–water partition coefficient (Wildman–Crippen LogP) is 1.43. The molecule has 5 nitrogen and oxygen atoms in total. The van der Waals surface area contributed by atoms with Crippen molar-refractivity contribution < 1.29 is 8.42 Å². The molecule has 0 aliphatic rings. The van der Waals surface area contributed by atoms with Crippen molar-refractivity contribution in [3.05, 3.63) is 42.1 Å². The Hall–Kier alpha value is -1.50. The van der Waals surface area contributed by atoms with E-state index in [0.717, 1.165) is 16.5 Å². The number of nitrogens with two attached hydrogens (primary N) is 1. The topological polar surface area (TPSA) is 85.1 Å². The first-order valence-corrected chi connectivity index (χ1v) is 8.65. The monoisotopic (exact) mass is 307 g/mol. The Balaban J connectivity index is 2.43. The molecule has 1 unspecified atom stereocenters. The van der Waals surface area contributed by atoms with Crippen LogP contribution < -0.4 is 11.3 Å². The molecule has 0 spiro atoms. The molecule has 0 saturated heterocycles. The molecule has 2 rings (SSSR count). The van der Waals surface area contributed by atoms with Gasteiger partial charge in [-0.1, -0.05) is 18.2 Å².